The number of amides is 1. The highest BCUT2D eigenvalue weighted by Crippen LogP contribution is 2.25. The summed E-state index contributed by atoms with van der Waals surface area (Å²) >= 11 is 0. The number of carbonyl (C=O) groups is 3. The summed E-state index contributed by atoms with van der Waals surface area (Å²) in [5, 5.41) is 18.1. The fraction of sp³-hybridized carbons (Fsp3) is 0.769. The van der Waals surface area contributed by atoms with Gasteiger partial charge >= 0.3 is 11.9 Å². The number of nitrogens with two attached hydrogens (primary N) is 1. The van der Waals surface area contributed by atoms with Crippen molar-refractivity contribution in [3.05, 3.63) is 0 Å². The highest BCUT2D eigenvalue weighted by Gasteiger charge is 2.40. The largest absolute Gasteiger partial charge is 0.481 e. The zero-order valence-corrected chi connectivity index (χ0v) is 11.8. The second kappa shape index (κ2) is 6.69. The average Bonchev–Trinajstić information content (AvgIpc) is 2.36. The molecule has 1 aliphatic heterocycles. The van der Waals surface area contributed by atoms with Gasteiger partial charge in [-0.3, -0.25) is 14.4 Å². The molecule has 20 heavy (non-hydrogen) atoms. The molecule has 1 aliphatic rings. The number of rotatable bonds is 5. The first kappa shape index (κ1) is 16.4. The number of carboxylic acid groups (broad SMARTS) is 2. The summed E-state index contributed by atoms with van der Waals surface area (Å²) < 4.78 is 0. The first-order chi connectivity index (χ1) is 9.23. The normalized spacial score (nSPS) is 24.5. The molecule has 1 fully saturated rings. The van der Waals surface area contributed by atoms with Crippen LogP contribution in [-0.4, -0.2) is 52.1 Å². The molecule has 3 atom stereocenters. The van der Waals surface area contributed by atoms with Gasteiger partial charge in [-0.2, -0.15) is 0 Å². The molecular weight excluding hydrogens is 264 g/mol. The van der Waals surface area contributed by atoms with Crippen molar-refractivity contribution < 1.29 is 24.6 Å². The maximum Gasteiger partial charge on any atom is 0.309 e. The predicted octanol–water partition coefficient (Wildman–Crippen LogP) is -0.00630. The second-order valence-corrected chi connectivity index (χ2v) is 5.70. The summed E-state index contributed by atoms with van der Waals surface area (Å²) in [6.07, 6.45) is 0.669. The van der Waals surface area contributed by atoms with E-state index in [1.54, 1.807) is 0 Å². The smallest absolute Gasteiger partial charge is 0.309 e. The third-order valence-corrected chi connectivity index (χ3v) is 3.60. The van der Waals surface area contributed by atoms with E-state index in [-0.39, 0.29) is 31.3 Å². The lowest BCUT2D eigenvalue weighted by Gasteiger charge is -2.36. The van der Waals surface area contributed by atoms with Gasteiger partial charge < -0.3 is 20.8 Å². The van der Waals surface area contributed by atoms with E-state index < -0.39 is 29.8 Å². The Balaban J connectivity index is 2.73. The standard InChI is InChI=1S/C13H22N2O5/c1-7(2)5-10(14)11(16)15-4-3-8(12(17)18)9(6-15)13(19)20/h7-10H,3-6,14H2,1-2H3,(H,17,18)(H,19,20)/t8?,9?,10-/m0/s1. The van der Waals surface area contributed by atoms with Gasteiger partial charge in [-0.25, -0.2) is 0 Å². The number of nitrogens with zero attached hydrogens (tertiary/aromatic N) is 1. The van der Waals surface area contributed by atoms with E-state index in [0.717, 1.165) is 0 Å². The Hall–Kier alpha value is -1.63. The van der Waals surface area contributed by atoms with Gasteiger partial charge in [-0.1, -0.05) is 13.8 Å². The minimum absolute atomic E-state index is 0.0864. The van der Waals surface area contributed by atoms with Gasteiger partial charge in [-0.05, 0) is 18.8 Å². The Labute approximate surface area is 117 Å². The summed E-state index contributed by atoms with van der Waals surface area (Å²) in [6, 6.07) is -0.661. The molecule has 114 valence electrons. The third-order valence-electron chi connectivity index (χ3n) is 3.60. The Morgan fingerprint density at radius 3 is 2.20 bits per heavy atom. The molecule has 0 aromatic rings. The molecule has 7 nitrogen and oxygen atoms in total. The SMILES string of the molecule is CC(C)C[C@H](N)C(=O)N1CCC(C(=O)O)C(C(=O)O)C1. The van der Waals surface area contributed by atoms with Crippen molar-refractivity contribution >= 4 is 17.8 Å². The molecule has 1 amide bonds. The van der Waals surface area contributed by atoms with Gasteiger partial charge in [0.15, 0.2) is 0 Å². The van der Waals surface area contributed by atoms with Crippen molar-refractivity contribution in [1.82, 2.24) is 4.90 Å². The van der Waals surface area contributed by atoms with Crippen LogP contribution in [0.5, 0.6) is 0 Å². The van der Waals surface area contributed by atoms with E-state index in [4.69, 9.17) is 15.9 Å². The maximum absolute atomic E-state index is 12.1. The number of carbonyl (C=O) groups excluding carboxylic acids is 1. The van der Waals surface area contributed by atoms with Crippen molar-refractivity contribution in [2.75, 3.05) is 13.1 Å². The first-order valence-electron chi connectivity index (χ1n) is 6.74. The fourth-order valence-corrected chi connectivity index (χ4v) is 2.54. The molecule has 0 spiro atoms. The molecule has 0 radical (unpaired) electrons. The lowest BCUT2D eigenvalue weighted by molar-refractivity contribution is -0.159. The summed E-state index contributed by atoms with van der Waals surface area (Å²) in [5.41, 5.74) is 5.81. The highest BCUT2D eigenvalue weighted by atomic mass is 16.4. The number of likely N-dealkylation sites (tertiary alicyclic amines) is 1. The van der Waals surface area contributed by atoms with Crippen LogP contribution in [-0.2, 0) is 14.4 Å². The maximum atomic E-state index is 12.1. The Kier molecular flexibility index (Phi) is 5.50. The fourth-order valence-electron chi connectivity index (χ4n) is 2.54. The lowest BCUT2D eigenvalue weighted by atomic mass is 9.85. The minimum Gasteiger partial charge on any atom is -0.481 e. The van der Waals surface area contributed by atoms with E-state index >= 15 is 0 Å². The predicted molar refractivity (Wildman–Crippen MR) is 70.9 cm³/mol. The zero-order valence-electron chi connectivity index (χ0n) is 11.8. The number of hydrogen-bond acceptors (Lipinski definition) is 4. The van der Waals surface area contributed by atoms with E-state index in [1.165, 1.54) is 4.90 Å². The number of piperidine rings is 1. The molecule has 1 saturated heterocycles. The minimum atomic E-state index is -1.19. The zero-order chi connectivity index (χ0) is 15.4. The third kappa shape index (κ3) is 3.93. The van der Waals surface area contributed by atoms with Crippen LogP contribution in [0.25, 0.3) is 0 Å². The molecule has 7 heteroatoms. The van der Waals surface area contributed by atoms with Crippen molar-refractivity contribution in [2.45, 2.75) is 32.7 Å². The van der Waals surface area contributed by atoms with Gasteiger partial charge in [0.25, 0.3) is 0 Å². The second-order valence-electron chi connectivity index (χ2n) is 5.70. The van der Waals surface area contributed by atoms with Gasteiger partial charge in [0.1, 0.15) is 0 Å². The van der Waals surface area contributed by atoms with E-state index in [1.807, 2.05) is 13.8 Å². The summed E-state index contributed by atoms with van der Waals surface area (Å²) in [4.78, 5) is 35.7. The molecule has 0 saturated carbocycles. The molecule has 0 bridgehead atoms. The molecule has 2 unspecified atom stereocenters. The highest BCUT2D eigenvalue weighted by molar-refractivity contribution is 5.84. The number of hydrogen-bond donors (Lipinski definition) is 3. The molecule has 0 aliphatic carbocycles. The quantitative estimate of drug-likeness (QED) is 0.653. The van der Waals surface area contributed by atoms with Gasteiger partial charge in [0, 0.05) is 13.1 Å². The van der Waals surface area contributed by atoms with Crippen molar-refractivity contribution in [3.8, 4) is 0 Å². The number of aliphatic carboxylic acids is 2. The Morgan fingerprint density at radius 2 is 1.75 bits per heavy atom. The summed E-state index contributed by atoms with van der Waals surface area (Å²) in [5.74, 6) is -4.37. The Bertz CT molecular complexity index is 396. The van der Waals surface area contributed by atoms with Crippen LogP contribution >= 0.6 is 0 Å². The van der Waals surface area contributed by atoms with Crippen LogP contribution in [0.1, 0.15) is 26.7 Å². The van der Waals surface area contributed by atoms with Crippen molar-refractivity contribution in [1.29, 1.82) is 0 Å². The van der Waals surface area contributed by atoms with E-state index in [2.05, 4.69) is 0 Å². The van der Waals surface area contributed by atoms with Crippen molar-refractivity contribution in [2.24, 2.45) is 23.5 Å². The molecule has 4 N–H and O–H groups in total. The number of carboxylic acids is 2. The monoisotopic (exact) mass is 286 g/mol. The van der Waals surface area contributed by atoms with Crippen LogP contribution in [0.15, 0.2) is 0 Å². The van der Waals surface area contributed by atoms with Gasteiger partial charge in [0.2, 0.25) is 5.91 Å². The topological polar surface area (TPSA) is 121 Å². The first-order valence-corrected chi connectivity index (χ1v) is 6.74. The van der Waals surface area contributed by atoms with Crippen LogP contribution in [0, 0.1) is 17.8 Å². The van der Waals surface area contributed by atoms with Crippen LogP contribution in [0.3, 0.4) is 0 Å². The van der Waals surface area contributed by atoms with Crippen molar-refractivity contribution in [3.63, 3.8) is 0 Å². The lowest BCUT2D eigenvalue weighted by Crippen LogP contribution is -2.53. The van der Waals surface area contributed by atoms with Crippen LogP contribution in [0.4, 0.5) is 0 Å². The summed E-state index contributed by atoms with van der Waals surface area (Å²) in [6.45, 7) is 4.05. The van der Waals surface area contributed by atoms with Gasteiger partial charge in [0.05, 0.1) is 17.9 Å². The van der Waals surface area contributed by atoms with Crippen LogP contribution in [0.2, 0.25) is 0 Å². The van der Waals surface area contributed by atoms with E-state index in [9.17, 15) is 14.4 Å². The summed E-state index contributed by atoms with van der Waals surface area (Å²) in [7, 11) is 0. The van der Waals surface area contributed by atoms with E-state index in [0.29, 0.717) is 6.42 Å². The Morgan fingerprint density at radius 1 is 1.20 bits per heavy atom. The molecule has 1 heterocycles. The van der Waals surface area contributed by atoms with Gasteiger partial charge in [-0.15, -0.1) is 0 Å². The molecule has 1 rings (SSSR count). The average molecular weight is 286 g/mol. The molecule has 0 aromatic heterocycles. The van der Waals surface area contributed by atoms with Crippen LogP contribution < -0.4 is 5.73 Å². The molecular formula is C13H22N2O5. The molecule has 0 aromatic carbocycles.